The van der Waals surface area contributed by atoms with Crippen LogP contribution in [0.25, 0.3) is 10.8 Å². The second-order valence-electron chi connectivity index (χ2n) is 5.30. The Bertz CT molecular complexity index is 828. The van der Waals surface area contributed by atoms with E-state index in [0.29, 0.717) is 18.0 Å². The van der Waals surface area contributed by atoms with E-state index in [1.807, 2.05) is 61.5 Å². The average Bonchev–Trinajstić information content (AvgIpc) is 2.62. The van der Waals surface area contributed by atoms with Gasteiger partial charge in [0.25, 0.3) is 5.91 Å². The van der Waals surface area contributed by atoms with Gasteiger partial charge in [-0.15, -0.1) is 0 Å². The first-order valence-electron chi connectivity index (χ1n) is 7.89. The van der Waals surface area contributed by atoms with Crippen LogP contribution in [0.1, 0.15) is 6.92 Å². The standard InChI is InChI=1S/C20H19NO3/c1-2-23-18-11-8-17(9-12-18)21-20(22)14-24-19-10-7-15-5-3-4-6-16(15)13-19/h3-13H,2,14H2,1H3,(H,21,22). The number of carbonyl (C=O) groups excluding carboxylic acids is 1. The second kappa shape index (κ2) is 7.51. The molecule has 0 heterocycles. The summed E-state index contributed by atoms with van der Waals surface area (Å²) in [6.45, 7) is 2.51. The largest absolute Gasteiger partial charge is 0.494 e. The minimum atomic E-state index is -0.202. The third-order valence-corrected chi connectivity index (χ3v) is 3.54. The van der Waals surface area contributed by atoms with Gasteiger partial charge in [-0.2, -0.15) is 0 Å². The maximum atomic E-state index is 12.0. The molecule has 0 unspecified atom stereocenters. The van der Waals surface area contributed by atoms with Gasteiger partial charge in [0, 0.05) is 5.69 Å². The van der Waals surface area contributed by atoms with Crippen LogP contribution < -0.4 is 14.8 Å². The van der Waals surface area contributed by atoms with Crippen LogP contribution in [0.15, 0.2) is 66.7 Å². The van der Waals surface area contributed by atoms with E-state index in [4.69, 9.17) is 9.47 Å². The summed E-state index contributed by atoms with van der Waals surface area (Å²) < 4.78 is 10.9. The first-order valence-corrected chi connectivity index (χ1v) is 7.89. The number of anilines is 1. The summed E-state index contributed by atoms with van der Waals surface area (Å²) in [7, 11) is 0. The Morgan fingerprint density at radius 1 is 0.875 bits per heavy atom. The second-order valence-corrected chi connectivity index (χ2v) is 5.30. The van der Waals surface area contributed by atoms with Crippen molar-refractivity contribution in [2.75, 3.05) is 18.5 Å². The fourth-order valence-corrected chi connectivity index (χ4v) is 2.40. The van der Waals surface area contributed by atoms with Crippen LogP contribution in [0.2, 0.25) is 0 Å². The van der Waals surface area contributed by atoms with Crippen LogP contribution in [-0.2, 0) is 4.79 Å². The number of hydrogen-bond donors (Lipinski definition) is 1. The van der Waals surface area contributed by atoms with Gasteiger partial charge in [-0.1, -0.05) is 30.3 Å². The Balaban J connectivity index is 1.56. The number of ether oxygens (including phenoxy) is 2. The molecule has 1 N–H and O–H groups in total. The molecular weight excluding hydrogens is 302 g/mol. The highest BCUT2D eigenvalue weighted by Crippen LogP contribution is 2.20. The first-order chi connectivity index (χ1) is 11.7. The fraction of sp³-hybridized carbons (Fsp3) is 0.150. The number of nitrogens with one attached hydrogen (secondary N) is 1. The van der Waals surface area contributed by atoms with Gasteiger partial charge in [0.1, 0.15) is 11.5 Å². The quantitative estimate of drug-likeness (QED) is 0.738. The highest BCUT2D eigenvalue weighted by molar-refractivity contribution is 5.92. The van der Waals surface area contributed by atoms with E-state index in [2.05, 4.69) is 5.32 Å². The SMILES string of the molecule is CCOc1ccc(NC(=O)COc2ccc3ccccc3c2)cc1. The Morgan fingerprint density at radius 2 is 1.58 bits per heavy atom. The summed E-state index contributed by atoms with van der Waals surface area (Å²) in [5.74, 6) is 1.26. The monoisotopic (exact) mass is 321 g/mol. The summed E-state index contributed by atoms with van der Waals surface area (Å²) in [6, 6.07) is 21.1. The molecule has 0 saturated carbocycles. The highest BCUT2D eigenvalue weighted by Gasteiger charge is 2.05. The van der Waals surface area contributed by atoms with Crippen LogP contribution >= 0.6 is 0 Å². The zero-order valence-corrected chi connectivity index (χ0v) is 13.5. The van der Waals surface area contributed by atoms with Gasteiger partial charge in [0.05, 0.1) is 6.61 Å². The molecule has 0 aliphatic carbocycles. The highest BCUT2D eigenvalue weighted by atomic mass is 16.5. The average molecular weight is 321 g/mol. The molecule has 24 heavy (non-hydrogen) atoms. The lowest BCUT2D eigenvalue weighted by Crippen LogP contribution is -2.20. The zero-order chi connectivity index (χ0) is 16.8. The van der Waals surface area contributed by atoms with E-state index in [1.54, 1.807) is 12.1 Å². The van der Waals surface area contributed by atoms with Gasteiger partial charge in [-0.25, -0.2) is 0 Å². The molecule has 0 fully saturated rings. The molecule has 0 aliphatic heterocycles. The molecule has 3 aromatic rings. The molecule has 0 atom stereocenters. The zero-order valence-electron chi connectivity index (χ0n) is 13.5. The molecule has 0 saturated heterocycles. The molecule has 0 spiro atoms. The summed E-state index contributed by atoms with van der Waals surface area (Å²) in [6.07, 6.45) is 0. The third-order valence-electron chi connectivity index (χ3n) is 3.54. The summed E-state index contributed by atoms with van der Waals surface area (Å²) >= 11 is 0. The molecule has 0 bridgehead atoms. The number of hydrogen-bond acceptors (Lipinski definition) is 3. The molecular formula is C20H19NO3. The topological polar surface area (TPSA) is 47.6 Å². The van der Waals surface area contributed by atoms with Crippen molar-refractivity contribution < 1.29 is 14.3 Å². The molecule has 3 aromatic carbocycles. The Morgan fingerprint density at radius 3 is 2.33 bits per heavy atom. The van der Waals surface area contributed by atoms with Crippen molar-refractivity contribution in [2.24, 2.45) is 0 Å². The Hall–Kier alpha value is -3.01. The molecule has 4 heteroatoms. The van der Waals surface area contributed by atoms with E-state index in [9.17, 15) is 4.79 Å². The van der Waals surface area contributed by atoms with E-state index >= 15 is 0 Å². The van der Waals surface area contributed by atoms with Gasteiger partial charge in [-0.05, 0) is 54.1 Å². The third kappa shape index (κ3) is 4.04. The lowest BCUT2D eigenvalue weighted by atomic mass is 10.1. The van der Waals surface area contributed by atoms with E-state index < -0.39 is 0 Å². The smallest absolute Gasteiger partial charge is 0.262 e. The normalized spacial score (nSPS) is 10.4. The van der Waals surface area contributed by atoms with Gasteiger partial charge < -0.3 is 14.8 Å². The first kappa shape index (κ1) is 15.9. The molecule has 1 amide bonds. The number of benzene rings is 3. The maximum Gasteiger partial charge on any atom is 0.262 e. The number of carbonyl (C=O) groups is 1. The van der Waals surface area contributed by atoms with Gasteiger partial charge in [0.2, 0.25) is 0 Å². The van der Waals surface area contributed by atoms with Gasteiger partial charge in [0.15, 0.2) is 6.61 Å². The predicted molar refractivity (Wildman–Crippen MR) is 95.7 cm³/mol. The molecule has 0 aliphatic rings. The minimum Gasteiger partial charge on any atom is -0.494 e. The Kier molecular flexibility index (Phi) is 4.96. The van der Waals surface area contributed by atoms with Crippen molar-refractivity contribution in [1.82, 2.24) is 0 Å². The molecule has 4 nitrogen and oxygen atoms in total. The van der Waals surface area contributed by atoms with Crippen molar-refractivity contribution in [3.05, 3.63) is 66.7 Å². The van der Waals surface area contributed by atoms with Crippen molar-refractivity contribution in [1.29, 1.82) is 0 Å². The van der Waals surface area contributed by atoms with Crippen LogP contribution in [0.5, 0.6) is 11.5 Å². The number of amides is 1. The lowest BCUT2D eigenvalue weighted by Gasteiger charge is -2.09. The van der Waals surface area contributed by atoms with Crippen LogP contribution in [0, 0.1) is 0 Å². The summed E-state index contributed by atoms with van der Waals surface area (Å²) in [5.41, 5.74) is 0.713. The summed E-state index contributed by atoms with van der Waals surface area (Å²) in [5, 5.41) is 5.03. The number of fused-ring (bicyclic) bond motifs is 1. The van der Waals surface area contributed by atoms with Crippen molar-refractivity contribution in [2.45, 2.75) is 6.92 Å². The fourth-order valence-electron chi connectivity index (χ4n) is 2.40. The van der Waals surface area contributed by atoms with Crippen LogP contribution in [-0.4, -0.2) is 19.1 Å². The van der Waals surface area contributed by atoms with Crippen LogP contribution in [0.4, 0.5) is 5.69 Å². The molecule has 3 rings (SSSR count). The predicted octanol–water partition coefficient (Wildman–Crippen LogP) is 4.26. The van der Waals surface area contributed by atoms with E-state index in [0.717, 1.165) is 16.5 Å². The van der Waals surface area contributed by atoms with Crippen LogP contribution in [0.3, 0.4) is 0 Å². The minimum absolute atomic E-state index is 0.0362. The van der Waals surface area contributed by atoms with E-state index in [-0.39, 0.29) is 12.5 Å². The van der Waals surface area contributed by atoms with Crippen molar-refractivity contribution in [3.63, 3.8) is 0 Å². The van der Waals surface area contributed by atoms with E-state index in [1.165, 1.54) is 0 Å². The van der Waals surface area contributed by atoms with Gasteiger partial charge >= 0.3 is 0 Å². The maximum absolute atomic E-state index is 12.0. The summed E-state index contributed by atoms with van der Waals surface area (Å²) in [4.78, 5) is 12.0. The Labute approximate surface area is 141 Å². The van der Waals surface area contributed by atoms with Gasteiger partial charge in [-0.3, -0.25) is 4.79 Å². The molecule has 122 valence electrons. The lowest BCUT2D eigenvalue weighted by molar-refractivity contribution is -0.118. The van der Waals surface area contributed by atoms with Crippen molar-refractivity contribution >= 4 is 22.4 Å². The molecule has 0 radical (unpaired) electrons. The number of rotatable bonds is 6. The van der Waals surface area contributed by atoms with Crippen molar-refractivity contribution in [3.8, 4) is 11.5 Å². The molecule has 0 aromatic heterocycles.